The molecule has 5 aliphatic rings. The van der Waals surface area contributed by atoms with E-state index in [2.05, 4.69) is 129 Å². The summed E-state index contributed by atoms with van der Waals surface area (Å²) in [5.41, 5.74) is 12.9. The molecule has 0 amide bonds. The second-order valence-electron chi connectivity index (χ2n) is 14.6. The van der Waals surface area contributed by atoms with Crippen LogP contribution in [0.4, 0.5) is 0 Å². The van der Waals surface area contributed by atoms with E-state index in [1.54, 1.807) is 20.0 Å². The van der Waals surface area contributed by atoms with Gasteiger partial charge in [-0.2, -0.15) is 0 Å². The van der Waals surface area contributed by atoms with E-state index in [1.165, 1.54) is 54.4 Å². The Morgan fingerprint density at radius 2 is 1.39 bits per heavy atom. The van der Waals surface area contributed by atoms with E-state index in [0.717, 1.165) is 12.8 Å². The van der Waals surface area contributed by atoms with Gasteiger partial charge in [-0.3, -0.25) is 0 Å². The van der Waals surface area contributed by atoms with E-state index in [1.807, 2.05) is 5.57 Å². The molecule has 0 radical (unpaired) electrons. The van der Waals surface area contributed by atoms with E-state index in [4.69, 9.17) is 4.21 Å². The molecule has 1 saturated carbocycles. The van der Waals surface area contributed by atoms with Crippen LogP contribution in [0, 0.1) is 11.8 Å². The van der Waals surface area contributed by atoms with Gasteiger partial charge in [-0.05, 0) is 0 Å². The Kier molecular flexibility index (Phi) is 9.46. The van der Waals surface area contributed by atoms with Gasteiger partial charge in [0.05, 0.1) is 0 Å². The normalized spacial score (nSPS) is 24.5. The Morgan fingerprint density at radius 3 is 2.04 bits per heavy atom. The van der Waals surface area contributed by atoms with Gasteiger partial charge >= 0.3 is 267 Å². The summed E-state index contributed by atoms with van der Waals surface area (Å²) < 4.78 is 9.10. The molecule has 3 aromatic rings. The van der Waals surface area contributed by atoms with E-state index >= 15 is 0 Å². The Labute approximate surface area is 289 Å². The van der Waals surface area contributed by atoms with Gasteiger partial charge in [0.2, 0.25) is 0 Å². The first-order valence-corrected chi connectivity index (χ1v) is 24.5. The van der Waals surface area contributed by atoms with Crippen molar-refractivity contribution < 1.29 is 18.3 Å². The molecular formula is C43H48Cl2Zr. The topological polar surface area (TPSA) is 0 Å². The molecule has 8 rings (SSSR count). The van der Waals surface area contributed by atoms with Crippen LogP contribution in [0.1, 0.15) is 81.9 Å². The molecule has 1 fully saturated rings. The van der Waals surface area contributed by atoms with Crippen molar-refractivity contribution in [1.29, 1.82) is 0 Å². The molecule has 0 aliphatic heterocycles. The fourth-order valence-corrected chi connectivity index (χ4v) is 32.1. The van der Waals surface area contributed by atoms with Gasteiger partial charge in [0.1, 0.15) is 0 Å². The molecule has 0 aromatic heterocycles. The third kappa shape index (κ3) is 4.74. The molecule has 0 nitrogen and oxygen atoms in total. The number of benzene rings is 3. The maximum atomic E-state index is 5.95. The summed E-state index contributed by atoms with van der Waals surface area (Å²) in [5, 5.41) is 0. The molecule has 5 aliphatic carbocycles. The van der Waals surface area contributed by atoms with Crippen LogP contribution in [0.3, 0.4) is 0 Å². The van der Waals surface area contributed by atoms with E-state index in [9.17, 15) is 0 Å². The van der Waals surface area contributed by atoms with Crippen LogP contribution in [0.5, 0.6) is 0 Å². The number of allylic oxidation sites excluding steroid dienone is 10. The third-order valence-electron chi connectivity index (χ3n) is 13.2. The summed E-state index contributed by atoms with van der Waals surface area (Å²) in [6, 6.07) is 32.5. The zero-order valence-corrected chi connectivity index (χ0v) is 31.4. The molecule has 0 bridgehead atoms. The zero-order chi connectivity index (χ0) is 29.9. The van der Waals surface area contributed by atoms with Gasteiger partial charge in [0.15, 0.2) is 0 Å². The minimum absolute atomic E-state index is 0. The molecule has 5 atom stereocenters. The van der Waals surface area contributed by atoms with Gasteiger partial charge in [-0.1, -0.05) is 0 Å². The second kappa shape index (κ2) is 13.0. The first kappa shape index (κ1) is 33.6. The molecule has 46 heavy (non-hydrogen) atoms. The predicted octanol–water partition coefficient (Wildman–Crippen LogP) is 12.2. The van der Waals surface area contributed by atoms with Gasteiger partial charge in [-0.15, -0.1) is 24.8 Å². The van der Waals surface area contributed by atoms with Crippen molar-refractivity contribution in [1.82, 2.24) is 0 Å². The Hall–Kier alpha value is -2.31. The summed E-state index contributed by atoms with van der Waals surface area (Å²) >= 11 is -4.44. The van der Waals surface area contributed by atoms with Crippen molar-refractivity contribution in [2.24, 2.45) is 11.8 Å². The SMILES string of the molecule is Cl.Cl.[CH2]=[Zr]([C]1=CC=CC1)([CH]1CCCC2C1=C1Cc3ccccc3C1=C1C=CCCC12)([CH](C)c1ccccc1)[CH](C)c1ccccc1. The first-order chi connectivity index (χ1) is 21.5. The van der Waals surface area contributed by atoms with Crippen LogP contribution in [-0.4, -0.2) is 4.21 Å². The van der Waals surface area contributed by atoms with Crippen molar-refractivity contribution in [2.75, 3.05) is 0 Å². The Bertz CT molecular complexity index is 1790. The van der Waals surface area contributed by atoms with Crippen molar-refractivity contribution in [2.45, 2.75) is 69.7 Å². The van der Waals surface area contributed by atoms with Gasteiger partial charge in [0, 0.05) is 0 Å². The second-order valence-corrected chi connectivity index (χ2v) is 30.6. The van der Waals surface area contributed by atoms with Gasteiger partial charge < -0.3 is 0 Å². The fraction of sp³-hybridized carbons (Fsp3) is 0.326. The van der Waals surface area contributed by atoms with E-state index in [0.29, 0.717) is 22.7 Å². The average molecular weight is 727 g/mol. The summed E-state index contributed by atoms with van der Waals surface area (Å²) in [4.78, 5) is 0. The molecule has 3 heteroatoms. The summed E-state index contributed by atoms with van der Waals surface area (Å²) in [6.45, 7) is 5.22. The van der Waals surface area contributed by atoms with Gasteiger partial charge in [-0.25, -0.2) is 0 Å². The molecule has 0 saturated heterocycles. The van der Waals surface area contributed by atoms with Crippen molar-refractivity contribution in [3.8, 4) is 0 Å². The number of rotatable bonds is 6. The van der Waals surface area contributed by atoms with Crippen LogP contribution in [0.15, 0.2) is 135 Å². The summed E-state index contributed by atoms with van der Waals surface area (Å²) in [6.07, 6.45) is 21.0. The number of hydrogen-bond donors (Lipinski definition) is 0. The molecular weight excluding hydrogens is 679 g/mol. The number of fused-ring (bicyclic) bond motifs is 6. The first-order valence-electron chi connectivity index (χ1n) is 17.2. The van der Waals surface area contributed by atoms with Crippen LogP contribution in [0.2, 0.25) is 3.63 Å². The number of halogens is 2. The van der Waals surface area contributed by atoms with Crippen LogP contribution in [0.25, 0.3) is 5.57 Å². The molecule has 238 valence electrons. The quantitative estimate of drug-likeness (QED) is 0.237. The third-order valence-corrected chi connectivity index (χ3v) is 35.2. The monoisotopic (exact) mass is 724 g/mol. The maximum absolute atomic E-state index is 5.95. The van der Waals surface area contributed by atoms with Crippen molar-refractivity contribution in [3.05, 3.63) is 158 Å². The average Bonchev–Trinajstić information content (AvgIpc) is 3.78. The summed E-state index contributed by atoms with van der Waals surface area (Å²) in [7, 11) is 0. The summed E-state index contributed by atoms with van der Waals surface area (Å²) in [5.74, 6) is 1.29. The van der Waals surface area contributed by atoms with Crippen molar-refractivity contribution >= 4 is 34.6 Å². The Morgan fingerprint density at radius 1 is 0.739 bits per heavy atom. The molecule has 0 spiro atoms. The van der Waals surface area contributed by atoms with Crippen LogP contribution >= 0.6 is 24.8 Å². The standard InChI is InChI=1S/C21H21.2C8H9.C5H5.CH2.2ClH.Zr/c1-2-8-15-14(7-1)13-20-18-11-4-3-9-16(18)17-10-5-6-12-19(17)21(15)20;2*1-2-8-6-4-3-5-7-8;1-2-4-5-3-1;;;;/h1-2,6-8,11-12,16-17H,3-5,9-10,13H2;2*2-7H,1H3;1-3H,4H2;1H2;2*1H;. The molecule has 0 N–H and O–H groups in total. The zero-order valence-electron chi connectivity index (χ0n) is 27.3. The minimum atomic E-state index is -4.44. The fourth-order valence-electron chi connectivity index (χ4n) is 11.0. The molecule has 5 unspecified atom stereocenters. The van der Waals surface area contributed by atoms with Crippen LogP contribution in [-0.2, 0) is 24.7 Å². The van der Waals surface area contributed by atoms with E-state index in [-0.39, 0.29) is 24.8 Å². The van der Waals surface area contributed by atoms with Crippen molar-refractivity contribution in [3.63, 3.8) is 0 Å². The van der Waals surface area contributed by atoms with E-state index < -0.39 is 18.3 Å². The van der Waals surface area contributed by atoms with Gasteiger partial charge in [0.25, 0.3) is 0 Å². The van der Waals surface area contributed by atoms with Crippen LogP contribution < -0.4 is 0 Å². The predicted molar refractivity (Wildman–Crippen MR) is 200 cm³/mol. The molecule has 3 aromatic carbocycles. The number of hydrogen-bond acceptors (Lipinski definition) is 0. The molecule has 0 heterocycles. The Balaban J connectivity index is 0.00000186.